The second kappa shape index (κ2) is 6.58. The number of nitrogen functional groups attached to an aromatic ring is 1. The molecule has 0 unspecified atom stereocenters. The van der Waals surface area contributed by atoms with Crippen molar-refractivity contribution in [1.29, 1.82) is 0 Å². The highest BCUT2D eigenvalue weighted by Crippen LogP contribution is 2.43. The first kappa shape index (κ1) is 15.3. The van der Waals surface area contributed by atoms with E-state index in [1.165, 1.54) is 24.5 Å². The number of rotatable bonds is 6. The van der Waals surface area contributed by atoms with Crippen LogP contribution in [0.15, 0.2) is 24.3 Å². The van der Waals surface area contributed by atoms with Crippen molar-refractivity contribution >= 4 is 27.8 Å². The molecule has 0 saturated carbocycles. The van der Waals surface area contributed by atoms with Crippen LogP contribution < -0.4 is 15.8 Å². The summed E-state index contributed by atoms with van der Waals surface area (Å²) in [6.45, 7) is 2.07. The fourth-order valence-electron chi connectivity index (χ4n) is 1.93. The van der Waals surface area contributed by atoms with Crippen LogP contribution in [-0.4, -0.2) is 12.9 Å². The van der Waals surface area contributed by atoms with Crippen molar-refractivity contribution < 1.29 is 13.9 Å². The van der Waals surface area contributed by atoms with Crippen molar-refractivity contribution in [3.05, 3.63) is 40.5 Å². The van der Waals surface area contributed by atoms with E-state index in [1.807, 2.05) is 0 Å². The predicted octanol–water partition coefficient (Wildman–Crippen LogP) is 3.68. The monoisotopic (exact) mass is 308 g/mol. The minimum atomic E-state index is -0.279. The van der Waals surface area contributed by atoms with Gasteiger partial charge in [0.25, 0.3) is 0 Å². The van der Waals surface area contributed by atoms with E-state index in [-0.39, 0.29) is 11.6 Å². The third-order valence-electron chi connectivity index (χ3n) is 3.08. The first-order valence-electron chi connectivity index (χ1n) is 6.55. The Balaban J connectivity index is 2.24. The summed E-state index contributed by atoms with van der Waals surface area (Å²) >= 11 is 1.24. The summed E-state index contributed by atoms with van der Waals surface area (Å²) in [5, 5.41) is 3.72. The zero-order valence-corrected chi connectivity index (χ0v) is 12.7. The topological polar surface area (TPSA) is 64.3 Å². The number of hydrogen-bond acceptors (Lipinski definition) is 5. The number of benzene rings is 1. The number of nitrogens with two attached hydrogens (primary N) is 1. The average molecular weight is 308 g/mol. The third kappa shape index (κ3) is 3.16. The first-order valence-corrected chi connectivity index (χ1v) is 7.36. The van der Waals surface area contributed by atoms with Gasteiger partial charge in [0.1, 0.15) is 10.8 Å². The molecule has 3 N–H and O–H groups in total. The molecule has 0 saturated heterocycles. The van der Waals surface area contributed by atoms with Crippen molar-refractivity contribution in [1.82, 2.24) is 0 Å². The van der Waals surface area contributed by atoms with Crippen LogP contribution in [0.3, 0.4) is 0 Å². The van der Waals surface area contributed by atoms with E-state index in [9.17, 15) is 9.18 Å². The molecule has 112 valence electrons. The summed E-state index contributed by atoms with van der Waals surface area (Å²) in [4.78, 5) is 12.3. The van der Waals surface area contributed by atoms with Crippen LogP contribution in [0, 0.1) is 5.82 Å². The molecule has 21 heavy (non-hydrogen) atoms. The zero-order valence-electron chi connectivity index (χ0n) is 11.9. The van der Waals surface area contributed by atoms with Crippen LogP contribution in [0.1, 0.15) is 28.6 Å². The zero-order chi connectivity index (χ0) is 15.4. The van der Waals surface area contributed by atoms with Crippen LogP contribution in [0.25, 0.3) is 0 Å². The van der Waals surface area contributed by atoms with Gasteiger partial charge in [-0.05, 0) is 6.07 Å². The van der Waals surface area contributed by atoms with Crippen LogP contribution in [0.2, 0.25) is 0 Å². The molecule has 0 spiro atoms. The fourth-order valence-corrected chi connectivity index (χ4v) is 3.03. The number of carbonyl (C=O) groups is 1. The highest BCUT2D eigenvalue weighted by Gasteiger charge is 2.20. The van der Waals surface area contributed by atoms with Crippen molar-refractivity contribution in [2.45, 2.75) is 19.9 Å². The molecule has 0 amide bonds. The lowest BCUT2D eigenvalue weighted by Gasteiger charge is -2.07. The van der Waals surface area contributed by atoms with Gasteiger partial charge in [-0.2, -0.15) is 0 Å². The Bertz CT molecular complexity index is 655. The molecule has 0 aliphatic heterocycles. The Morgan fingerprint density at radius 2 is 2.14 bits per heavy atom. The van der Waals surface area contributed by atoms with Crippen LogP contribution in [0.4, 0.5) is 15.1 Å². The Morgan fingerprint density at radius 1 is 1.43 bits per heavy atom. The van der Waals surface area contributed by atoms with E-state index in [1.54, 1.807) is 25.1 Å². The van der Waals surface area contributed by atoms with Crippen LogP contribution in [-0.2, 0) is 6.54 Å². The SMILES string of the molecule is CCC(=O)c1sc(NCc2ccccc2F)c(OC)c1N. The molecule has 0 atom stereocenters. The standard InChI is InChI=1S/C15H17FN2O2S/c1-3-11(19)14-12(17)13(20-2)15(21-14)18-8-9-6-4-5-7-10(9)16/h4-7,18H,3,8,17H2,1-2H3. The number of ketones is 1. The summed E-state index contributed by atoms with van der Waals surface area (Å²) < 4.78 is 18.8. The number of hydrogen-bond donors (Lipinski definition) is 2. The maximum atomic E-state index is 13.6. The van der Waals surface area contributed by atoms with Crippen molar-refractivity contribution in [2.24, 2.45) is 0 Å². The van der Waals surface area contributed by atoms with E-state index in [0.29, 0.717) is 39.8 Å². The molecule has 0 bridgehead atoms. The molecular formula is C15H17FN2O2S. The van der Waals surface area contributed by atoms with Gasteiger partial charge in [-0.1, -0.05) is 25.1 Å². The molecule has 1 aromatic heterocycles. The van der Waals surface area contributed by atoms with Gasteiger partial charge in [0, 0.05) is 18.5 Å². The van der Waals surface area contributed by atoms with Crippen molar-refractivity contribution in [2.75, 3.05) is 18.2 Å². The van der Waals surface area contributed by atoms with E-state index in [2.05, 4.69) is 5.32 Å². The van der Waals surface area contributed by atoms with Crippen molar-refractivity contribution in [3.63, 3.8) is 0 Å². The van der Waals surface area contributed by atoms with Crippen LogP contribution >= 0.6 is 11.3 Å². The number of methoxy groups -OCH3 is 1. The quantitative estimate of drug-likeness (QED) is 0.799. The molecular weight excluding hydrogens is 291 g/mol. The molecule has 0 radical (unpaired) electrons. The largest absolute Gasteiger partial charge is 0.492 e. The highest BCUT2D eigenvalue weighted by molar-refractivity contribution is 7.19. The third-order valence-corrected chi connectivity index (χ3v) is 4.26. The van der Waals surface area contributed by atoms with Gasteiger partial charge in [-0.3, -0.25) is 4.79 Å². The molecule has 0 aliphatic carbocycles. The Morgan fingerprint density at radius 3 is 2.76 bits per heavy atom. The summed E-state index contributed by atoms with van der Waals surface area (Å²) in [6.07, 6.45) is 0.376. The molecule has 2 rings (SSSR count). The number of nitrogens with one attached hydrogen (secondary N) is 1. The molecule has 6 heteroatoms. The normalized spacial score (nSPS) is 10.4. The average Bonchev–Trinajstić information content (AvgIpc) is 2.81. The number of thiophene rings is 1. The Kier molecular flexibility index (Phi) is 4.80. The number of ether oxygens (including phenoxy) is 1. The minimum absolute atomic E-state index is 0.0326. The number of halogens is 1. The summed E-state index contributed by atoms with van der Waals surface area (Å²) in [5.74, 6) is 0.126. The highest BCUT2D eigenvalue weighted by atomic mass is 32.1. The summed E-state index contributed by atoms with van der Waals surface area (Å²) in [5.41, 5.74) is 6.82. The van der Waals surface area contributed by atoms with E-state index in [4.69, 9.17) is 10.5 Å². The molecule has 1 aromatic carbocycles. The Labute approximate surface area is 126 Å². The number of anilines is 2. The lowest BCUT2D eigenvalue weighted by Crippen LogP contribution is -2.02. The summed E-state index contributed by atoms with van der Waals surface area (Å²) in [6, 6.07) is 6.51. The lowest BCUT2D eigenvalue weighted by molar-refractivity contribution is 0.0992. The molecule has 0 aliphatic rings. The predicted molar refractivity (Wildman–Crippen MR) is 83.6 cm³/mol. The minimum Gasteiger partial charge on any atom is -0.492 e. The summed E-state index contributed by atoms with van der Waals surface area (Å²) in [7, 11) is 1.49. The Hall–Kier alpha value is -2.08. The second-order valence-corrected chi connectivity index (χ2v) is 5.45. The van der Waals surface area contributed by atoms with Gasteiger partial charge in [0.05, 0.1) is 17.7 Å². The maximum absolute atomic E-state index is 13.6. The van der Waals surface area contributed by atoms with Gasteiger partial charge < -0.3 is 15.8 Å². The van der Waals surface area contributed by atoms with Gasteiger partial charge in [0.2, 0.25) is 0 Å². The lowest BCUT2D eigenvalue weighted by atomic mass is 10.2. The van der Waals surface area contributed by atoms with Gasteiger partial charge >= 0.3 is 0 Å². The van der Waals surface area contributed by atoms with Crippen molar-refractivity contribution in [3.8, 4) is 5.75 Å². The molecule has 4 nitrogen and oxygen atoms in total. The van der Waals surface area contributed by atoms with E-state index < -0.39 is 0 Å². The van der Waals surface area contributed by atoms with Gasteiger partial charge in [0.15, 0.2) is 11.5 Å². The first-order chi connectivity index (χ1) is 10.1. The second-order valence-electron chi connectivity index (χ2n) is 4.43. The van der Waals surface area contributed by atoms with Crippen LogP contribution in [0.5, 0.6) is 5.75 Å². The molecule has 2 aromatic rings. The van der Waals surface area contributed by atoms with E-state index >= 15 is 0 Å². The van der Waals surface area contributed by atoms with Gasteiger partial charge in [-0.25, -0.2) is 4.39 Å². The van der Waals surface area contributed by atoms with E-state index in [0.717, 1.165) is 0 Å². The number of carbonyl (C=O) groups excluding carboxylic acids is 1. The van der Waals surface area contributed by atoms with Gasteiger partial charge in [-0.15, -0.1) is 11.3 Å². The fraction of sp³-hybridized carbons (Fsp3) is 0.267. The maximum Gasteiger partial charge on any atom is 0.176 e. The molecule has 0 fully saturated rings. The number of Topliss-reactive ketones (excluding diaryl/α,β-unsaturated/α-hetero) is 1. The smallest absolute Gasteiger partial charge is 0.176 e. The molecule has 1 heterocycles.